The van der Waals surface area contributed by atoms with E-state index in [-0.39, 0.29) is 30.3 Å². The fraction of sp³-hybridized carbons (Fsp3) is 0.517. The van der Waals surface area contributed by atoms with E-state index in [1.54, 1.807) is 12.1 Å². The SMILES string of the molecule is CCCC1(F)COC(c2ccc(C#Cc3ccc(C4CCC(CC)CC4)c(F)c3F)c(F)c2)OC1. The molecule has 1 aliphatic heterocycles. The number of halogens is 4. The second-order valence-corrected chi connectivity index (χ2v) is 9.80. The van der Waals surface area contributed by atoms with E-state index >= 15 is 0 Å². The highest BCUT2D eigenvalue weighted by molar-refractivity contribution is 5.46. The molecule has 6 heteroatoms. The molecular formula is C29H32F4O2. The first kappa shape index (κ1) is 25.7. The molecule has 0 atom stereocenters. The minimum Gasteiger partial charge on any atom is -0.345 e. The molecule has 1 aliphatic carbocycles. The highest BCUT2D eigenvalue weighted by Gasteiger charge is 2.37. The van der Waals surface area contributed by atoms with Crippen LogP contribution < -0.4 is 0 Å². The molecule has 1 heterocycles. The third kappa shape index (κ3) is 5.90. The van der Waals surface area contributed by atoms with Crippen LogP contribution in [-0.2, 0) is 9.47 Å². The van der Waals surface area contributed by atoms with Crippen molar-refractivity contribution in [2.75, 3.05) is 13.2 Å². The maximum Gasteiger partial charge on any atom is 0.184 e. The van der Waals surface area contributed by atoms with Crippen LogP contribution in [0.25, 0.3) is 0 Å². The average Bonchev–Trinajstić information content (AvgIpc) is 2.86. The second-order valence-electron chi connectivity index (χ2n) is 9.80. The van der Waals surface area contributed by atoms with Gasteiger partial charge in [-0.2, -0.15) is 0 Å². The highest BCUT2D eigenvalue weighted by Crippen LogP contribution is 2.38. The van der Waals surface area contributed by atoms with Gasteiger partial charge in [0.15, 0.2) is 23.6 Å². The van der Waals surface area contributed by atoms with Gasteiger partial charge in [0.1, 0.15) is 5.82 Å². The molecule has 2 aliphatic rings. The van der Waals surface area contributed by atoms with E-state index < -0.39 is 29.4 Å². The van der Waals surface area contributed by atoms with Crippen LogP contribution in [0.2, 0.25) is 0 Å². The lowest BCUT2D eigenvalue weighted by atomic mass is 9.77. The van der Waals surface area contributed by atoms with E-state index in [0.717, 1.165) is 32.1 Å². The second kappa shape index (κ2) is 11.1. The average molecular weight is 489 g/mol. The summed E-state index contributed by atoms with van der Waals surface area (Å²) < 4.78 is 69.7. The zero-order valence-corrected chi connectivity index (χ0v) is 20.3. The molecule has 4 rings (SSSR count). The maximum atomic E-state index is 14.8. The van der Waals surface area contributed by atoms with Crippen LogP contribution in [0.1, 0.15) is 93.3 Å². The summed E-state index contributed by atoms with van der Waals surface area (Å²) in [5.41, 5.74) is -0.782. The van der Waals surface area contributed by atoms with Gasteiger partial charge in [0, 0.05) is 5.56 Å². The Labute approximate surface area is 205 Å². The lowest BCUT2D eigenvalue weighted by Gasteiger charge is -2.34. The third-order valence-corrected chi connectivity index (χ3v) is 7.26. The van der Waals surface area contributed by atoms with Crippen LogP contribution in [0, 0.1) is 35.2 Å². The summed E-state index contributed by atoms with van der Waals surface area (Å²) in [4.78, 5) is 0. The zero-order valence-electron chi connectivity index (χ0n) is 20.3. The van der Waals surface area contributed by atoms with Crippen molar-refractivity contribution in [1.29, 1.82) is 0 Å². The Morgan fingerprint density at radius 3 is 2.17 bits per heavy atom. The molecule has 0 aromatic heterocycles. The van der Waals surface area contributed by atoms with Gasteiger partial charge in [-0.3, -0.25) is 0 Å². The van der Waals surface area contributed by atoms with E-state index in [2.05, 4.69) is 18.8 Å². The molecule has 0 unspecified atom stereocenters. The van der Waals surface area contributed by atoms with Crippen LogP contribution in [0.3, 0.4) is 0 Å². The molecule has 2 fully saturated rings. The fourth-order valence-corrected chi connectivity index (χ4v) is 5.10. The summed E-state index contributed by atoms with van der Waals surface area (Å²) in [7, 11) is 0. The number of alkyl halides is 1. The van der Waals surface area contributed by atoms with Gasteiger partial charge in [-0.1, -0.05) is 50.7 Å². The Bertz CT molecular complexity index is 1090. The maximum absolute atomic E-state index is 14.8. The first-order chi connectivity index (χ1) is 16.8. The largest absolute Gasteiger partial charge is 0.345 e. The quantitative estimate of drug-likeness (QED) is 0.317. The van der Waals surface area contributed by atoms with Crippen molar-refractivity contribution in [3.8, 4) is 11.8 Å². The number of rotatable bonds is 5. The standard InChI is InChI=1S/C29H32F4O2/c1-3-15-29(33)17-34-28(35-18-29)23-12-10-21(25(30)16-23)9-11-22-13-14-24(27(32)26(22)31)20-7-5-19(4-2)6-8-20/h10,12-14,16,19-20,28H,3-8,15,17-18H2,1-2H3. The van der Waals surface area contributed by atoms with E-state index in [9.17, 15) is 17.6 Å². The van der Waals surface area contributed by atoms with Crippen LogP contribution in [0.5, 0.6) is 0 Å². The van der Waals surface area contributed by atoms with E-state index in [1.807, 2.05) is 6.92 Å². The molecule has 1 saturated carbocycles. The Balaban J connectivity index is 1.45. The van der Waals surface area contributed by atoms with Crippen LogP contribution in [-0.4, -0.2) is 18.9 Å². The van der Waals surface area contributed by atoms with Crippen LogP contribution >= 0.6 is 0 Å². The van der Waals surface area contributed by atoms with Gasteiger partial charge in [0.2, 0.25) is 0 Å². The topological polar surface area (TPSA) is 18.5 Å². The molecule has 0 radical (unpaired) electrons. The van der Waals surface area contributed by atoms with Gasteiger partial charge in [-0.25, -0.2) is 17.6 Å². The summed E-state index contributed by atoms with van der Waals surface area (Å²) in [6.07, 6.45) is 5.04. The molecule has 2 nitrogen and oxygen atoms in total. The summed E-state index contributed by atoms with van der Waals surface area (Å²) in [6.45, 7) is 3.82. The van der Waals surface area contributed by atoms with E-state index in [4.69, 9.17) is 9.47 Å². The predicted octanol–water partition coefficient (Wildman–Crippen LogP) is 7.74. The minimum absolute atomic E-state index is 0.0213. The summed E-state index contributed by atoms with van der Waals surface area (Å²) >= 11 is 0. The molecule has 0 bridgehead atoms. The van der Waals surface area contributed by atoms with E-state index in [1.165, 1.54) is 18.2 Å². The zero-order chi connectivity index (χ0) is 25.0. The van der Waals surface area contributed by atoms with Crippen molar-refractivity contribution >= 4 is 0 Å². The Kier molecular flexibility index (Phi) is 8.19. The van der Waals surface area contributed by atoms with E-state index in [0.29, 0.717) is 29.9 Å². The van der Waals surface area contributed by atoms with Crippen molar-refractivity contribution in [1.82, 2.24) is 0 Å². The van der Waals surface area contributed by atoms with Gasteiger partial charge in [0.05, 0.1) is 24.3 Å². The van der Waals surface area contributed by atoms with Crippen LogP contribution in [0.4, 0.5) is 17.6 Å². The number of hydrogen-bond donors (Lipinski definition) is 0. The Morgan fingerprint density at radius 1 is 0.886 bits per heavy atom. The van der Waals surface area contributed by atoms with Gasteiger partial charge in [0.25, 0.3) is 0 Å². The van der Waals surface area contributed by atoms with Crippen LogP contribution in [0.15, 0.2) is 30.3 Å². The molecule has 2 aromatic carbocycles. The number of hydrogen-bond acceptors (Lipinski definition) is 2. The van der Waals surface area contributed by atoms with Gasteiger partial charge >= 0.3 is 0 Å². The van der Waals surface area contributed by atoms with Crippen molar-refractivity contribution in [2.24, 2.45) is 5.92 Å². The molecular weight excluding hydrogens is 456 g/mol. The number of benzene rings is 2. The lowest BCUT2D eigenvalue weighted by Crippen LogP contribution is -2.41. The minimum atomic E-state index is -1.53. The molecule has 0 spiro atoms. The molecule has 0 amide bonds. The number of ether oxygens (including phenoxy) is 2. The van der Waals surface area contributed by atoms with Crippen molar-refractivity contribution < 1.29 is 27.0 Å². The predicted molar refractivity (Wildman–Crippen MR) is 127 cm³/mol. The normalized spacial score (nSPS) is 26.7. The fourth-order valence-electron chi connectivity index (χ4n) is 5.10. The monoisotopic (exact) mass is 488 g/mol. The van der Waals surface area contributed by atoms with Crippen molar-refractivity contribution in [2.45, 2.75) is 76.7 Å². The smallest absolute Gasteiger partial charge is 0.184 e. The Morgan fingerprint density at radius 2 is 1.54 bits per heavy atom. The first-order valence-corrected chi connectivity index (χ1v) is 12.5. The van der Waals surface area contributed by atoms with Crippen molar-refractivity contribution in [3.63, 3.8) is 0 Å². The summed E-state index contributed by atoms with van der Waals surface area (Å²) in [5.74, 6) is 3.36. The highest BCUT2D eigenvalue weighted by atomic mass is 19.2. The molecule has 188 valence electrons. The summed E-state index contributed by atoms with van der Waals surface area (Å²) in [6, 6.07) is 7.31. The first-order valence-electron chi connectivity index (χ1n) is 12.5. The molecule has 35 heavy (non-hydrogen) atoms. The summed E-state index contributed by atoms with van der Waals surface area (Å²) in [5, 5.41) is 0. The lowest BCUT2D eigenvalue weighted by molar-refractivity contribution is -0.239. The Hall–Kier alpha value is -2.36. The van der Waals surface area contributed by atoms with Gasteiger partial charge < -0.3 is 9.47 Å². The van der Waals surface area contributed by atoms with Gasteiger partial charge in [-0.15, -0.1) is 0 Å². The molecule has 0 N–H and O–H groups in total. The van der Waals surface area contributed by atoms with Gasteiger partial charge in [-0.05, 0) is 67.7 Å². The third-order valence-electron chi connectivity index (χ3n) is 7.26. The van der Waals surface area contributed by atoms with Crippen molar-refractivity contribution in [3.05, 3.63) is 70.0 Å². The molecule has 2 aromatic rings. The molecule has 1 saturated heterocycles.